The lowest BCUT2D eigenvalue weighted by Gasteiger charge is -2.19. The minimum atomic E-state index is 0.0524. The van der Waals surface area contributed by atoms with Crippen LogP contribution in [0.2, 0.25) is 0 Å². The summed E-state index contributed by atoms with van der Waals surface area (Å²) < 4.78 is 0. The molecule has 0 bridgehead atoms. The summed E-state index contributed by atoms with van der Waals surface area (Å²) in [7, 11) is 1.83. The van der Waals surface area contributed by atoms with E-state index in [1.54, 1.807) is 11.3 Å². The predicted molar refractivity (Wildman–Crippen MR) is 65.2 cm³/mol. The summed E-state index contributed by atoms with van der Waals surface area (Å²) in [6.07, 6.45) is 0. The number of nitriles is 1. The standard InChI is InChI=1S/C10H17N5S/c1-4-15(6-8(2)5-11)7-9-13-14-10(12-3)16-9/h8H,4,6-7H2,1-3H3,(H,12,14). The van der Waals surface area contributed by atoms with Gasteiger partial charge in [0.05, 0.1) is 18.5 Å². The Labute approximate surface area is 100 Å². The Morgan fingerprint density at radius 2 is 2.31 bits per heavy atom. The van der Waals surface area contributed by atoms with Crippen molar-refractivity contribution in [2.75, 3.05) is 25.5 Å². The summed E-state index contributed by atoms with van der Waals surface area (Å²) in [6.45, 7) is 6.48. The van der Waals surface area contributed by atoms with Crippen molar-refractivity contribution in [3.63, 3.8) is 0 Å². The van der Waals surface area contributed by atoms with E-state index in [0.29, 0.717) is 0 Å². The third kappa shape index (κ3) is 3.76. The molecule has 0 aliphatic rings. The van der Waals surface area contributed by atoms with E-state index in [4.69, 9.17) is 5.26 Å². The second-order valence-corrected chi connectivity index (χ2v) is 4.67. The first-order valence-electron chi connectivity index (χ1n) is 5.31. The number of anilines is 1. The second-order valence-electron chi connectivity index (χ2n) is 3.61. The Bertz CT molecular complexity index is 356. The van der Waals surface area contributed by atoms with Crippen molar-refractivity contribution in [1.82, 2.24) is 15.1 Å². The van der Waals surface area contributed by atoms with Gasteiger partial charge in [0, 0.05) is 13.6 Å². The number of nitrogens with zero attached hydrogens (tertiary/aromatic N) is 4. The van der Waals surface area contributed by atoms with Crippen molar-refractivity contribution in [1.29, 1.82) is 5.26 Å². The van der Waals surface area contributed by atoms with Gasteiger partial charge < -0.3 is 5.32 Å². The highest BCUT2D eigenvalue weighted by Crippen LogP contribution is 2.16. The normalized spacial score (nSPS) is 12.4. The Kier molecular flexibility index (Phi) is 5.15. The molecule has 1 aromatic heterocycles. The van der Waals surface area contributed by atoms with Crippen LogP contribution < -0.4 is 5.32 Å². The van der Waals surface area contributed by atoms with Crippen molar-refractivity contribution in [3.8, 4) is 6.07 Å². The highest BCUT2D eigenvalue weighted by atomic mass is 32.1. The van der Waals surface area contributed by atoms with E-state index >= 15 is 0 Å². The monoisotopic (exact) mass is 239 g/mol. The van der Waals surface area contributed by atoms with Gasteiger partial charge in [0.25, 0.3) is 0 Å². The minimum absolute atomic E-state index is 0.0524. The molecule has 1 rings (SSSR count). The Hall–Kier alpha value is -1.19. The first-order chi connectivity index (χ1) is 7.69. The molecule has 0 aliphatic heterocycles. The maximum Gasteiger partial charge on any atom is 0.205 e. The molecule has 16 heavy (non-hydrogen) atoms. The zero-order valence-electron chi connectivity index (χ0n) is 9.90. The maximum absolute atomic E-state index is 8.78. The molecule has 0 fully saturated rings. The molecule has 1 aromatic rings. The second kappa shape index (κ2) is 6.40. The SMILES string of the molecule is CCN(Cc1nnc(NC)s1)CC(C)C#N. The molecule has 1 atom stereocenters. The van der Waals surface area contributed by atoms with Crippen LogP contribution in [0.3, 0.4) is 0 Å². The summed E-state index contributed by atoms with van der Waals surface area (Å²) >= 11 is 1.55. The van der Waals surface area contributed by atoms with Crippen LogP contribution in [0.25, 0.3) is 0 Å². The van der Waals surface area contributed by atoms with Crippen molar-refractivity contribution in [2.45, 2.75) is 20.4 Å². The van der Waals surface area contributed by atoms with Crippen LogP contribution in [0.15, 0.2) is 0 Å². The molecule has 1 heterocycles. The predicted octanol–water partition coefficient (Wildman–Crippen LogP) is 1.56. The van der Waals surface area contributed by atoms with Gasteiger partial charge in [-0.05, 0) is 13.5 Å². The Morgan fingerprint density at radius 3 is 2.81 bits per heavy atom. The van der Waals surface area contributed by atoms with Crippen molar-refractivity contribution >= 4 is 16.5 Å². The molecule has 0 aliphatic carbocycles. The van der Waals surface area contributed by atoms with E-state index in [9.17, 15) is 0 Å². The van der Waals surface area contributed by atoms with E-state index in [0.717, 1.165) is 29.8 Å². The minimum Gasteiger partial charge on any atom is -0.363 e. The Morgan fingerprint density at radius 1 is 1.56 bits per heavy atom. The van der Waals surface area contributed by atoms with Gasteiger partial charge in [-0.1, -0.05) is 18.3 Å². The molecule has 1 unspecified atom stereocenters. The van der Waals surface area contributed by atoms with E-state index in [2.05, 4.69) is 33.4 Å². The zero-order chi connectivity index (χ0) is 12.0. The average molecular weight is 239 g/mol. The maximum atomic E-state index is 8.78. The summed E-state index contributed by atoms with van der Waals surface area (Å²) in [5.41, 5.74) is 0. The van der Waals surface area contributed by atoms with Crippen molar-refractivity contribution < 1.29 is 0 Å². The van der Waals surface area contributed by atoms with E-state index in [1.165, 1.54) is 0 Å². The van der Waals surface area contributed by atoms with Crippen LogP contribution >= 0.6 is 11.3 Å². The van der Waals surface area contributed by atoms with E-state index in [-0.39, 0.29) is 5.92 Å². The Balaban J connectivity index is 2.53. The van der Waals surface area contributed by atoms with Gasteiger partial charge in [0.15, 0.2) is 0 Å². The van der Waals surface area contributed by atoms with Crippen molar-refractivity contribution in [2.24, 2.45) is 5.92 Å². The molecule has 0 saturated heterocycles. The van der Waals surface area contributed by atoms with Gasteiger partial charge in [0.2, 0.25) is 5.13 Å². The smallest absolute Gasteiger partial charge is 0.205 e. The van der Waals surface area contributed by atoms with E-state index < -0.39 is 0 Å². The fourth-order valence-electron chi connectivity index (χ4n) is 1.34. The lowest BCUT2D eigenvalue weighted by molar-refractivity contribution is 0.259. The quantitative estimate of drug-likeness (QED) is 0.816. The van der Waals surface area contributed by atoms with Crippen LogP contribution in [0, 0.1) is 17.2 Å². The molecule has 88 valence electrons. The average Bonchev–Trinajstić information content (AvgIpc) is 2.75. The molecule has 0 spiro atoms. The van der Waals surface area contributed by atoms with Gasteiger partial charge in [-0.25, -0.2) is 0 Å². The zero-order valence-corrected chi connectivity index (χ0v) is 10.7. The van der Waals surface area contributed by atoms with Crippen LogP contribution in [-0.2, 0) is 6.54 Å². The summed E-state index contributed by atoms with van der Waals surface area (Å²) in [5.74, 6) is 0.0524. The fourth-order valence-corrected chi connectivity index (χ4v) is 2.08. The first kappa shape index (κ1) is 12.9. The molecule has 6 heteroatoms. The molecule has 1 N–H and O–H groups in total. The molecule has 0 amide bonds. The van der Waals surface area contributed by atoms with Crippen molar-refractivity contribution in [3.05, 3.63) is 5.01 Å². The number of nitrogens with one attached hydrogen (secondary N) is 1. The highest BCUT2D eigenvalue weighted by molar-refractivity contribution is 7.15. The van der Waals surface area contributed by atoms with Crippen LogP contribution in [-0.4, -0.2) is 35.2 Å². The van der Waals surface area contributed by atoms with Gasteiger partial charge in [-0.3, -0.25) is 4.90 Å². The summed E-state index contributed by atoms with van der Waals surface area (Å²) in [6, 6.07) is 2.25. The van der Waals surface area contributed by atoms with Gasteiger partial charge >= 0.3 is 0 Å². The highest BCUT2D eigenvalue weighted by Gasteiger charge is 2.11. The van der Waals surface area contributed by atoms with Crippen LogP contribution in [0.5, 0.6) is 0 Å². The molecule has 0 aromatic carbocycles. The van der Waals surface area contributed by atoms with Gasteiger partial charge in [-0.2, -0.15) is 5.26 Å². The summed E-state index contributed by atoms with van der Waals surface area (Å²) in [5, 5.41) is 21.6. The third-order valence-electron chi connectivity index (χ3n) is 2.24. The van der Waals surface area contributed by atoms with Crippen LogP contribution in [0.1, 0.15) is 18.9 Å². The molecular formula is C10H17N5S. The molecule has 5 nitrogen and oxygen atoms in total. The largest absolute Gasteiger partial charge is 0.363 e. The number of hydrogen-bond acceptors (Lipinski definition) is 6. The molecular weight excluding hydrogens is 222 g/mol. The molecule has 0 saturated carbocycles. The lowest BCUT2D eigenvalue weighted by atomic mass is 10.2. The lowest BCUT2D eigenvalue weighted by Crippen LogP contribution is -2.27. The van der Waals surface area contributed by atoms with Gasteiger partial charge in [0.1, 0.15) is 5.01 Å². The number of aromatic nitrogens is 2. The first-order valence-corrected chi connectivity index (χ1v) is 6.13. The van der Waals surface area contributed by atoms with Crippen LogP contribution in [0.4, 0.5) is 5.13 Å². The summed E-state index contributed by atoms with van der Waals surface area (Å²) in [4.78, 5) is 2.20. The third-order valence-corrected chi connectivity index (χ3v) is 3.16. The van der Waals surface area contributed by atoms with Gasteiger partial charge in [-0.15, -0.1) is 10.2 Å². The molecule has 0 radical (unpaired) electrons. The van der Waals surface area contributed by atoms with E-state index in [1.807, 2.05) is 14.0 Å². The number of rotatable bonds is 6. The number of hydrogen-bond donors (Lipinski definition) is 1. The fraction of sp³-hybridized carbons (Fsp3) is 0.700. The topological polar surface area (TPSA) is 64.8 Å².